The Balaban J connectivity index is 0.877. The third-order valence-corrected chi connectivity index (χ3v) is 15.0. The number of imidazole rings is 1. The third-order valence-electron chi connectivity index (χ3n) is 12.4. The predicted octanol–water partition coefficient (Wildman–Crippen LogP) is 3.24. The summed E-state index contributed by atoms with van der Waals surface area (Å²) in [5.74, 6) is -7.59. The number of benzene rings is 2. The first-order valence-electron chi connectivity index (χ1n) is 20.2. The van der Waals surface area contributed by atoms with E-state index >= 15 is 0 Å². The SMILES string of the molecule is CC1CCN(C(=O)C(=O)N2CCC(F)(F)CC2)C1C1=C[I-]C(c2ccc(-c3ccc(-c4cnc(C5[C@@H](C)CCN5C(=O)C(=O)N5CCC(F)(F)CC5)[nH]4)cc3)cc2)=CN1. The molecule has 1 aromatic heterocycles. The molecule has 4 saturated heterocycles. The molecule has 11 nitrogen and oxygen atoms in total. The number of alkyl halides is 4. The van der Waals surface area contributed by atoms with Gasteiger partial charge in [-0.3, -0.25) is 9.59 Å². The number of piperidine rings is 2. The maximum absolute atomic E-state index is 13.7. The normalized spacial score (nSPS) is 25.5. The summed E-state index contributed by atoms with van der Waals surface area (Å²) in [7, 11) is 0. The van der Waals surface area contributed by atoms with Crippen molar-refractivity contribution in [2.75, 3.05) is 39.3 Å². The Hall–Kier alpha value is -4.74. The van der Waals surface area contributed by atoms with E-state index in [1.165, 1.54) is 18.3 Å². The molecule has 0 saturated carbocycles. The van der Waals surface area contributed by atoms with Crippen LogP contribution in [0.5, 0.6) is 0 Å². The second-order valence-electron chi connectivity index (χ2n) is 16.4. The number of likely N-dealkylation sites (tertiary alicyclic amines) is 4. The Labute approximate surface area is 350 Å². The van der Waals surface area contributed by atoms with Gasteiger partial charge in [0.25, 0.3) is 5.92 Å². The molecule has 6 heterocycles. The summed E-state index contributed by atoms with van der Waals surface area (Å²) in [5, 5.41) is 3.41. The number of nitrogens with zero attached hydrogens (tertiary/aromatic N) is 5. The van der Waals surface area contributed by atoms with E-state index in [-0.39, 0.29) is 44.1 Å². The van der Waals surface area contributed by atoms with Gasteiger partial charge in [0.2, 0.25) is 0 Å². The number of rotatable bonds is 5. The second kappa shape index (κ2) is 16.4. The topological polar surface area (TPSA) is 122 Å². The van der Waals surface area contributed by atoms with E-state index in [4.69, 9.17) is 0 Å². The van der Waals surface area contributed by atoms with Crippen LogP contribution in [0.1, 0.15) is 69.8 Å². The fourth-order valence-electron chi connectivity index (χ4n) is 8.75. The van der Waals surface area contributed by atoms with E-state index in [0.29, 0.717) is 25.3 Å². The Morgan fingerprint density at radius 3 is 1.59 bits per heavy atom. The molecular weight excluding hydrogens is 881 g/mol. The third kappa shape index (κ3) is 8.51. The van der Waals surface area contributed by atoms with E-state index in [0.717, 1.165) is 40.1 Å². The summed E-state index contributed by atoms with van der Waals surface area (Å²) in [6.45, 7) is 4.39. The summed E-state index contributed by atoms with van der Waals surface area (Å²) in [6, 6.07) is 15.7. The quantitative estimate of drug-likeness (QED) is 0.231. The molecule has 3 aromatic rings. The number of aromatic nitrogens is 2. The van der Waals surface area contributed by atoms with Crippen molar-refractivity contribution in [3.05, 3.63) is 82.1 Å². The molecule has 5 aliphatic rings. The molecule has 16 heteroatoms. The standard InChI is InChI=1S/C43H47F4IN7O4/c1-26-11-17-54(40(58)38(56)52-19-13-42(44,45)14-20-52)35(26)33-23-48-32(24-49-33)30-7-3-28(4-8-30)29-5-9-31(10-6-29)34-25-50-37(51-34)36-27(2)12-18-55(36)41(59)39(57)53-21-15-43(46,47)16-22-53/h3-10,23-27,35-36,49H,11-22H2,1-2H3,(H,50,51)/q-1/t26?,27-,35?,36?/m0/s1. The number of H-pyrrole nitrogens is 1. The van der Waals surface area contributed by atoms with Crippen LogP contribution >= 0.6 is 0 Å². The molecule has 4 fully saturated rings. The molecule has 3 unspecified atom stereocenters. The van der Waals surface area contributed by atoms with Crippen molar-refractivity contribution in [3.8, 4) is 22.4 Å². The monoisotopic (exact) mass is 928 g/mol. The van der Waals surface area contributed by atoms with Crippen LogP contribution in [0.3, 0.4) is 0 Å². The Kier molecular flexibility index (Phi) is 11.4. The molecule has 2 N–H and O–H groups in total. The molecule has 0 spiro atoms. The van der Waals surface area contributed by atoms with Gasteiger partial charge in [-0.15, -0.1) is 0 Å². The predicted molar refractivity (Wildman–Crippen MR) is 208 cm³/mol. The zero-order valence-corrected chi connectivity index (χ0v) is 35.1. The first-order valence-corrected chi connectivity index (χ1v) is 22.5. The summed E-state index contributed by atoms with van der Waals surface area (Å²) in [6.07, 6.45) is 3.43. The van der Waals surface area contributed by atoms with Crippen molar-refractivity contribution in [2.24, 2.45) is 11.8 Å². The number of hydrogen-bond donors (Lipinski definition) is 2. The Morgan fingerprint density at radius 1 is 0.644 bits per heavy atom. The van der Waals surface area contributed by atoms with Crippen molar-refractivity contribution in [1.82, 2.24) is 34.9 Å². The van der Waals surface area contributed by atoms with Gasteiger partial charge in [-0.25, -0.2) is 8.78 Å². The first-order chi connectivity index (χ1) is 28.2. The van der Waals surface area contributed by atoms with Gasteiger partial charge in [0, 0.05) is 32.5 Å². The molecule has 5 aliphatic heterocycles. The van der Waals surface area contributed by atoms with E-state index in [2.05, 4.69) is 50.6 Å². The molecular formula is C43H47F4IN7O4-. The van der Waals surface area contributed by atoms with Crippen LogP contribution in [0, 0.1) is 11.8 Å². The summed E-state index contributed by atoms with van der Waals surface area (Å²) in [5.41, 5.74) is 5.73. The minimum atomic E-state index is -2.81. The molecule has 4 amide bonds. The summed E-state index contributed by atoms with van der Waals surface area (Å²) < 4.78 is 58.0. The second-order valence-corrected chi connectivity index (χ2v) is 18.8. The minimum absolute atomic E-state index is 0.0458. The zero-order chi connectivity index (χ0) is 41.6. The van der Waals surface area contributed by atoms with Crippen LogP contribution in [0.4, 0.5) is 17.6 Å². The van der Waals surface area contributed by atoms with Gasteiger partial charge in [-0.1, -0.05) is 6.92 Å². The zero-order valence-electron chi connectivity index (χ0n) is 32.9. The number of hydrogen-bond acceptors (Lipinski definition) is 6. The van der Waals surface area contributed by atoms with Gasteiger partial charge < -0.3 is 9.80 Å². The summed E-state index contributed by atoms with van der Waals surface area (Å²) >= 11 is -0.559. The first kappa shape index (κ1) is 41.0. The van der Waals surface area contributed by atoms with E-state index in [1.54, 1.807) is 11.1 Å². The van der Waals surface area contributed by atoms with Crippen LogP contribution in [-0.4, -0.2) is 110 Å². The number of nitrogens with one attached hydrogen (secondary N) is 2. The van der Waals surface area contributed by atoms with Crippen LogP contribution in [0.15, 0.2) is 70.7 Å². The van der Waals surface area contributed by atoms with Gasteiger partial charge in [0.15, 0.2) is 0 Å². The number of halogens is 5. The van der Waals surface area contributed by atoms with Gasteiger partial charge >= 0.3 is 260 Å². The van der Waals surface area contributed by atoms with Crippen molar-refractivity contribution < 1.29 is 57.9 Å². The molecule has 59 heavy (non-hydrogen) atoms. The molecule has 8 rings (SSSR count). The molecule has 0 bridgehead atoms. The van der Waals surface area contributed by atoms with Crippen molar-refractivity contribution in [2.45, 2.75) is 76.3 Å². The number of amides is 4. The van der Waals surface area contributed by atoms with Crippen LogP contribution in [0.25, 0.3) is 26.0 Å². The Bertz CT molecular complexity index is 2160. The molecule has 2 aromatic carbocycles. The van der Waals surface area contributed by atoms with Gasteiger partial charge in [0.05, 0.1) is 6.04 Å². The van der Waals surface area contributed by atoms with Gasteiger partial charge in [0.1, 0.15) is 0 Å². The fourth-order valence-corrected chi connectivity index (χ4v) is 11.0. The summed E-state index contributed by atoms with van der Waals surface area (Å²) in [4.78, 5) is 66.4. The van der Waals surface area contributed by atoms with Crippen molar-refractivity contribution >= 4 is 27.2 Å². The van der Waals surface area contributed by atoms with E-state index in [9.17, 15) is 36.7 Å². The van der Waals surface area contributed by atoms with Gasteiger partial charge in [-0.2, -0.15) is 0 Å². The average Bonchev–Trinajstić information content (AvgIpc) is 3.98. The van der Waals surface area contributed by atoms with Crippen molar-refractivity contribution in [1.29, 1.82) is 0 Å². The fraction of sp³-hybridized carbons (Fsp3) is 0.465. The number of carbonyl (C=O) groups excluding carboxylic acids is 4. The van der Waals surface area contributed by atoms with Crippen LogP contribution < -0.4 is 26.5 Å². The molecule has 0 radical (unpaired) electrons. The van der Waals surface area contributed by atoms with Crippen molar-refractivity contribution in [3.63, 3.8) is 0 Å². The van der Waals surface area contributed by atoms with Gasteiger partial charge in [-0.05, 0) is 12.3 Å². The number of carbonyl (C=O) groups is 4. The van der Waals surface area contributed by atoms with E-state index in [1.807, 2.05) is 37.4 Å². The van der Waals surface area contributed by atoms with Crippen LogP contribution in [-0.2, 0) is 19.2 Å². The average molecular weight is 929 g/mol. The molecule has 0 aliphatic carbocycles. The van der Waals surface area contributed by atoms with Crippen LogP contribution in [0.2, 0.25) is 0 Å². The molecule has 4 atom stereocenters. The Morgan fingerprint density at radius 2 is 1.10 bits per heavy atom. The number of aromatic amines is 1. The molecule has 314 valence electrons. The maximum atomic E-state index is 13.7. The van der Waals surface area contributed by atoms with E-state index < -0.39 is 88.4 Å².